The van der Waals surface area contributed by atoms with Gasteiger partial charge in [0.15, 0.2) is 0 Å². The number of hydrogen-bond acceptors (Lipinski definition) is 2. The Balaban J connectivity index is 1.53. The number of carbonyl (C=O) groups is 1. The van der Waals surface area contributed by atoms with Gasteiger partial charge in [-0.15, -0.1) is 0 Å². The molecule has 3 aromatic carbocycles. The van der Waals surface area contributed by atoms with Crippen LogP contribution in [0, 0.1) is 20.8 Å². The first-order valence-electron chi connectivity index (χ1n) is 12.5. The molecule has 5 aromatic rings. The highest BCUT2D eigenvalue weighted by molar-refractivity contribution is 5.90. The van der Waals surface area contributed by atoms with Gasteiger partial charge in [-0.1, -0.05) is 65.7 Å². The number of anilines is 1. The van der Waals surface area contributed by atoms with Crippen LogP contribution in [0.15, 0.2) is 97.2 Å². The molecule has 37 heavy (non-hydrogen) atoms. The Morgan fingerprint density at radius 3 is 2.41 bits per heavy atom. The molecule has 3 heterocycles. The third kappa shape index (κ3) is 4.10. The molecular formula is C31H29N5O. The minimum absolute atomic E-state index is 0.150. The first-order valence-corrected chi connectivity index (χ1v) is 12.5. The zero-order valence-corrected chi connectivity index (χ0v) is 21.2. The number of nitrogens with one attached hydrogen (secondary N) is 1. The summed E-state index contributed by atoms with van der Waals surface area (Å²) in [5, 5.41) is 8.06. The first-order chi connectivity index (χ1) is 18.0. The van der Waals surface area contributed by atoms with Gasteiger partial charge in [0.1, 0.15) is 5.82 Å². The number of benzene rings is 3. The van der Waals surface area contributed by atoms with Gasteiger partial charge in [0.25, 0.3) is 0 Å². The number of carbonyl (C=O) groups excluding carboxylic acids is 1. The van der Waals surface area contributed by atoms with Gasteiger partial charge in [0.05, 0.1) is 29.7 Å². The standard InChI is InChI=1S/C31H29N5O/c1-21-14-16-25(17-15-21)32-31(37)35-20-27-23(3)33-36(26-11-5-4-6-12-26)30(27)34-18-8-13-28(34)29(35)24-10-7-9-22(2)19-24/h4-19,29H,20H2,1-3H3,(H,32,37)/t29-/m1/s1. The maximum atomic E-state index is 14.0. The van der Waals surface area contributed by atoms with Crippen molar-refractivity contribution in [1.82, 2.24) is 19.2 Å². The summed E-state index contributed by atoms with van der Waals surface area (Å²) >= 11 is 0. The van der Waals surface area contributed by atoms with Crippen LogP contribution in [-0.2, 0) is 6.54 Å². The monoisotopic (exact) mass is 487 g/mol. The molecule has 0 fully saturated rings. The van der Waals surface area contributed by atoms with Crippen LogP contribution in [0.2, 0.25) is 0 Å². The van der Waals surface area contributed by atoms with Crippen molar-refractivity contribution < 1.29 is 4.79 Å². The first kappa shape index (κ1) is 22.9. The van der Waals surface area contributed by atoms with Gasteiger partial charge in [-0.3, -0.25) is 0 Å². The SMILES string of the molecule is Cc1ccc(NC(=O)N2Cc3c(C)nn(-c4ccccc4)c3-n3cccc3[C@H]2c2cccc(C)c2)cc1. The molecule has 0 radical (unpaired) electrons. The molecule has 6 rings (SSSR count). The molecule has 1 aliphatic rings. The average Bonchev–Trinajstić information content (AvgIpc) is 3.46. The van der Waals surface area contributed by atoms with E-state index in [1.807, 2.05) is 72.0 Å². The minimum Gasteiger partial charge on any atom is -0.308 e. The van der Waals surface area contributed by atoms with Crippen LogP contribution in [0.1, 0.15) is 39.7 Å². The van der Waals surface area contributed by atoms with Crippen LogP contribution in [0.25, 0.3) is 11.5 Å². The molecule has 0 bridgehead atoms. The lowest BCUT2D eigenvalue weighted by molar-refractivity contribution is 0.194. The van der Waals surface area contributed by atoms with Crippen LogP contribution in [0.5, 0.6) is 0 Å². The lowest BCUT2D eigenvalue weighted by Gasteiger charge is -2.31. The second kappa shape index (κ2) is 9.13. The van der Waals surface area contributed by atoms with Crippen molar-refractivity contribution >= 4 is 11.7 Å². The molecule has 2 amide bonds. The third-order valence-electron chi connectivity index (χ3n) is 7.01. The summed E-state index contributed by atoms with van der Waals surface area (Å²) in [7, 11) is 0. The number of aromatic nitrogens is 3. The predicted octanol–water partition coefficient (Wildman–Crippen LogP) is 6.73. The lowest BCUT2D eigenvalue weighted by Crippen LogP contribution is -2.38. The molecule has 0 saturated carbocycles. The Morgan fingerprint density at radius 2 is 1.65 bits per heavy atom. The summed E-state index contributed by atoms with van der Waals surface area (Å²) in [5.41, 5.74) is 8.07. The molecule has 1 aliphatic heterocycles. The summed E-state index contributed by atoms with van der Waals surface area (Å²) < 4.78 is 4.18. The van der Waals surface area contributed by atoms with Crippen LogP contribution < -0.4 is 5.32 Å². The molecular weight excluding hydrogens is 458 g/mol. The summed E-state index contributed by atoms with van der Waals surface area (Å²) in [6, 6.07) is 30.2. The molecule has 1 atom stereocenters. The van der Waals surface area contributed by atoms with E-state index in [0.717, 1.165) is 50.8 Å². The molecule has 0 aliphatic carbocycles. The van der Waals surface area contributed by atoms with E-state index in [1.54, 1.807) is 0 Å². The van der Waals surface area contributed by atoms with Crippen LogP contribution in [-0.4, -0.2) is 25.3 Å². The number of hydrogen-bond donors (Lipinski definition) is 1. The minimum atomic E-state index is -0.281. The molecule has 6 nitrogen and oxygen atoms in total. The van der Waals surface area contributed by atoms with E-state index < -0.39 is 0 Å². The smallest absolute Gasteiger partial charge is 0.308 e. The highest BCUT2D eigenvalue weighted by Gasteiger charge is 2.36. The Hall–Kier alpha value is -4.58. The highest BCUT2D eigenvalue weighted by Crippen LogP contribution is 2.39. The van der Waals surface area contributed by atoms with Crippen molar-refractivity contribution in [3.63, 3.8) is 0 Å². The Labute approximate surface area is 216 Å². The third-order valence-corrected chi connectivity index (χ3v) is 7.01. The fourth-order valence-corrected chi connectivity index (χ4v) is 5.17. The number of para-hydroxylation sites is 1. The Morgan fingerprint density at radius 1 is 0.865 bits per heavy atom. The average molecular weight is 488 g/mol. The van der Waals surface area contributed by atoms with Crippen molar-refractivity contribution in [2.24, 2.45) is 0 Å². The van der Waals surface area contributed by atoms with E-state index in [1.165, 1.54) is 0 Å². The quantitative estimate of drug-likeness (QED) is 0.307. The highest BCUT2D eigenvalue weighted by atomic mass is 16.2. The van der Waals surface area contributed by atoms with E-state index in [0.29, 0.717) is 6.54 Å². The molecule has 2 aromatic heterocycles. The molecule has 0 spiro atoms. The van der Waals surface area contributed by atoms with Gasteiger partial charge in [-0.25, -0.2) is 9.48 Å². The van der Waals surface area contributed by atoms with Crippen molar-refractivity contribution in [3.8, 4) is 11.5 Å². The number of amides is 2. The zero-order chi connectivity index (χ0) is 25.5. The number of aryl methyl sites for hydroxylation is 3. The fourth-order valence-electron chi connectivity index (χ4n) is 5.17. The number of fused-ring (bicyclic) bond motifs is 3. The van der Waals surface area contributed by atoms with E-state index in [-0.39, 0.29) is 12.1 Å². The van der Waals surface area contributed by atoms with Gasteiger partial charge in [-0.2, -0.15) is 5.10 Å². The van der Waals surface area contributed by atoms with Crippen molar-refractivity contribution in [2.75, 3.05) is 5.32 Å². The van der Waals surface area contributed by atoms with Gasteiger partial charge in [-0.05, 0) is 62.7 Å². The normalized spacial score (nSPS) is 14.6. The van der Waals surface area contributed by atoms with Crippen molar-refractivity contribution in [1.29, 1.82) is 0 Å². The van der Waals surface area contributed by atoms with Gasteiger partial charge in [0, 0.05) is 17.4 Å². The zero-order valence-electron chi connectivity index (χ0n) is 21.2. The maximum absolute atomic E-state index is 14.0. The van der Waals surface area contributed by atoms with Crippen molar-refractivity contribution in [2.45, 2.75) is 33.4 Å². The lowest BCUT2D eigenvalue weighted by atomic mass is 10.00. The van der Waals surface area contributed by atoms with Crippen molar-refractivity contribution in [3.05, 3.63) is 131 Å². The number of nitrogens with zero attached hydrogens (tertiary/aromatic N) is 4. The Kier molecular flexibility index (Phi) is 5.64. The van der Waals surface area contributed by atoms with Gasteiger partial charge < -0.3 is 14.8 Å². The second-order valence-corrected chi connectivity index (χ2v) is 9.68. The summed E-state index contributed by atoms with van der Waals surface area (Å²) in [6.45, 7) is 6.57. The molecule has 184 valence electrons. The van der Waals surface area contributed by atoms with E-state index in [4.69, 9.17) is 5.10 Å². The predicted molar refractivity (Wildman–Crippen MR) is 146 cm³/mol. The summed E-state index contributed by atoms with van der Waals surface area (Å²) in [4.78, 5) is 15.9. The van der Waals surface area contributed by atoms with Crippen LogP contribution in [0.4, 0.5) is 10.5 Å². The van der Waals surface area contributed by atoms with Gasteiger partial charge in [0.2, 0.25) is 0 Å². The Bertz CT molecular complexity index is 1580. The molecule has 0 unspecified atom stereocenters. The summed E-state index contributed by atoms with van der Waals surface area (Å²) in [5.74, 6) is 0.965. The van der Waals surface area contributed by atoms with Crippen LogP contribution in [0.3, 0.4) is 0 Å². The largest absolute Gasteiger partial charge is 0.322 e. The molecule has 0 saturated heterocycles. The van der Waals surface area contributed by atoms with E-state index in [9.17, 15) is 4.79 Å². The van der Waals surface area contributed by atoms with Crippen LogP contribution >= 0.6 is 0 Å². The second-order valence-electron chi connectivity index (χ2n) is 9.68. The van der Waals surface area contributed by atoms with E-state index >= 15 is 0 Å². The van der Waals surface area contributed by atoms with E-state index in [2.05, 4.69) is 65.5 Å². The topological polar surface area (TPSA) is 55.1 Å². The maximum Gasteiger partial charge on any atom is 0.322 e. The molecule has 1 N–H and O–H groups in total. The summed E-state index contributed by atoms with van der Waals surface area (Å²) in [6.07, 6.45) is 2.07. The molecule has 6 heteroatoms. The number of urea groups is 1. The number of rotatable bonds is 3. The fraction of sp³-hybridized carbons (Fsp3) is 0.161. The van der Waals surface area contributed by atoms with Gasteiger partial charge >= 0.3 is 6.03 Å².